The number of fused-ring (bicyclic) bond motifs is 1. The summed E-state index contributed by atoms with van der Waals surface area (Å²) >= 11 is 1.17. The van der Waals surface area contributed by atoms with Gasteiger partial charge in [-0.05, 0) is 42.7 Å². The maximum absolute atomic E-state index is 12.2. The monoisotopic (exact) mass is 433 g/mol. The summed E-state index contributed by atoms with van der Waals surface area (Å²) in [6.07, 6.45) is 0.773. The lowest BCUT2D eigenvalue weighted by molar-refractivity contribution is -0.118. The highest BCUT2D eigenvalue weighted by Crippen LogP contribution is 2.26. The van der Waals surface area contributed by atoms with E-state index in [-0.39, 0.29) is 16.6 Å². The molecule has 3 aromatic rings. The Kier molecular flexibility index (Phi) is 6.61. The van der Waals surface area contributed by atoms with Crippen LogP contribution in [0.25, 0.3) is 11.1 Å². The van der Waals surface area contributed by atoms with Gasteiger partial charge in [-0.1, -0.05) is 36.0 Å². The van der Waals surface area contributed by atoms with Crippen LogP contribution in [0, 0.1) is 6.92 Å². The van der Waals surface area contributed by atoms with Crippen molar-refractivity contribution in [3.05, 3.63) is 53.6 Å². The van der Waals surface area contributed by atoms with Crippen molar-refractivity contribution in [3.8, 4) is 0 Å². The van der Waals surface area contributed by atoms with Crippen LogP contribution in [0.3, 0.4) is 0 Å². The molecule has 1 aromatic heterocycles. The van der Waals surface area contributed by atoms with Gasteiger partial charge in [0, 0.05) is 20.6 Å². The summed E-state index contributed by atoms with van der Waals surface area (Å²) in [6, 6.07) is 12.6. The van der Waals surface area contributed by atoms with Crippen LogP contribution in [-0.2, 0) is 21.2 Å². The molecule has 0 spiro atoms. The quantitative estimate of drug-likeness (QED) is 0.549. The molecule has 0 atom stereocenters. The fourth-order valence-corrected chi connectivity index (χ4v) is 4.32. The number of aryl methyl sites for hydroxylation is 1. The lowest BCUT2D eigenvalue weighted by Gasteiger charge is -2.10. The molecule has 9 heteroatoms. The van der Waals surface area contributed by atoms with E-state index in [0.717, 1.165) is 10.7 Å². The van der Waals surface area contributed by atoms with Crippen molar-refractivity contribution in [1.29, 1.82) is 0 Å². The van der Waals surface area contributed by atoms with Crippen molar-refractivity contribution in [1.82, 2.24) is 14.6 Å². The molecule has 29 heavy (non-hydrogen) atoms. The number of sulfonamides is 1. The Bertz CT molecular complexity index is 1120. The summed E-state index contributed by atoms with van der Waals surface area (Å²) in [5.41, 5.74) is 3.33. The zero-order chi connectivity index (χ0) is 21.0. The first-order chi connectivity index (χ1) is 13.8. The number of carbonyl (C=O) groups is 1. The number of benzene rings is 2. The fourth-order valence-electron chi connectivity index (χ4n) is 2.72. The summed E-state index contributed by atoms with van der Waals surface area (Å²) in [5, 5.41) is 3.22. The predicted octanol–water partition coefficient (Wildman–Crippen LogP) is 2.84. The van der Waals surface area contributed by atoms with Gasteiger partial charge in [-0.25, -0.2) is 17.7 Å². The van der Waals surface area contributed by atoms with E-state index in [1.165, 1.54) is 49.1 Å². The molecule has 7 nitrogen and oxygen atoms in total. The van der Waals surface area contributed by atoms with Crippen LogP contribution < -0.4 is 5.32 Å². The molecule has 3 rings (SSSR count). The average Bonchev–Trinajstić information content (AvgIpc) is 3.10. The second-order valence-electron chi connectivity index (χ2n) is 6.71. The minimum Gasteiger partial charge on any atom is -0.431 e. The summed E-state index contributed by atoms with van der Waals surface area (Å²) in [6.45, 7) is 2.61. The molecule has 0 aliphatic heterocycles. The van der Waals surface area contributed by atoms with E-state index in [2.05, 4.69) is 29.4 Å². The summed E-state index contributed by atoms with van der Waals surface area (Å²) in [5.74, 6) is 0.0606. The predicted molar refractivity (Wildman–Crippen MR) is 113 cm³/mol. The Labute approximate surface area is 174 Å². The van der Waals surface area contributed by atoms with Gasteiger partial charge in [-0.2, -0.15) is 0 Å². The van der Waals surface area contributed by atoms with Gasteiger partial charge < -0.3 is 9.73 Å². The smallest absolute Gasteiger partial charge is 0.257 e. The lowest BCUT2D eigenvalue weighted by atomic mass is 10.1. The molecular weight excluding hydrogens is 410 g/mol. The van der Waals surface area contributed by atoms with Crippen LogP contribution in [0.2, 0.25) is 0 Å². The Morgan fingerprint density at radius 2 is 1.97 bits per heavy atom. The van der Waals surface area contributed by atoms with Crippen molar-refractivity contribution < 1.29 is 17.6 Å². The largest absolute Gasteiger partial charge is 0.431 e. The van der Waals surface area contributed by atoms with Gasteiger partial charge in [0.1, 0.15) is 5.52 Å². The second-order valence-corrected chi connectivity index (χ2v) is 9.79. The molecule has 0 fully saturated rings. The minimum atomic E-state index is -3.54. The van der Waals surface area contributed by atoms with Gasteiger partial charge >= 0.3 is 0 Å². The highest BCUT2D eigenvalue weighted by Gasteiger charge is 2.19. The van der Waals surface area contributed by atoms with Crippen molar-refractivity contribution in [2.75, 3.05) is 26.4 Å². The van der Waals surface area contributed by atoms with Crippen molar-refractivity contribution in [3.63, 3.8) is 0 Å². The van der Waals surface area contributed by atoms with E-state index < -0.39 is 10.0 Å². The van der Waals surface area contributed by atoms with E-state index >= 15 is 0 Å². The molecule has 0 saturated heterocycles. The number of aromatic nitrogens is 1. The molecule has 1 amide bonds. The third-order valence-electron chi connectivity index (χ3n) is 4.42. The zero-order valence-electron chi connectivity index (χ0n) is 16.5. The van der Waals surface area contributed by atoms with Crippen LogP contribution in [0.4, 0.5) is 0 Å². The number of hydrogen-bond acceptors (Lipinski definition) is 6. The number of nitrogens with zero attached hydrogens (tertiary/aromatic N) is 2. The number of rotatable bonds is 8. The van der Waals surface area contributed by atoms with Crippen LogP contribution in [0.1, 0.15) is 11.1 Å². The topological polar surface area (TPSA) is 92.5 Å². The third kappa shape index (κ3) is 5.17. The standard InChI is InChI=1S/C20H23N3O4S2/c1-14-6-4-5-7-15(14)10-11-21-19(24)13-28-20-22-17-12-16(8-9-18(17)27-20)29(25,26)23(2)3/h4-9,12H,10-11,13H2,1-3H3,(H,21,24). The van der Waals surface area contributed by atoms with Gasteiger partial charge in [0.2, 0.25) is 15.9 Å². The SMILES string of the molecule is Cc1ccccc1CCNC(=O)CSc1nc2cc(S(=O)(=O)N(C)C)ccc2o1. The fraction of sp³-hybridized carbons (Fsp3) is 0.300. The van der Waals surface area contributed by atoms with Crippen molar-refractivity contribution in [2.45, 2.75) is 23.5 Å². The molecule has 1 N–H and O–H groups in total. The van der Waals surface area contributed by atoms with Crippen molar-refractivity contribution in [2.24, 2.45) is 0 Å². The Hall–Kier alpha value is -2.36. The molecule has 0 saturated carbocycles. The lowest BCUT2D eigenvalue weighted by Crippen LogP contribution is -2.27. The zero-order valence-corrected chi connectivity index (χ0v) is 18.1. The number of nitrogens with one attached hydrogen (secondary N) is 1. The van der Waals surface area contributed by atoms with Gasteiger partial charge in [0.25, 0.3) is 5.22 Å². The summed E-state index contributed by atoms with van der Waals surface area (Å²) < 4.78 is 31.2. The van der Waals surface area contributed by atoms with Gasteiger partial charge in [-0.3, -0.25) is 4.79 Å². The Balaban J connectivity index is 1.56. The second kappa shape index (κ2) is 8.98. The highest BCUT2D eigenvalue weighted by atomic mass is 32.2. The van der Waals surface area contributed by atoms with E-state index in [0.29, 0.717) is 22.9 Å². The van der Waals surface area contributed by atoms with Gasteiger partial charge in [0.15, 0.2) is 5.58 Å². The molecule has 0 unspecified atom stereocenters. The third-order valence-corrected chi connectivity index (χ3v) is 7.06. The first-order valence-electron chi connectivity index (χ1n) is 9.04. The molecule has 0 radical (unpaired) electrons. The average molecular weight is 434 g/mol. The number of thioether (sulfide) groups is 1. The Morgan fingerprint density at radius 3 is 2.69 bits per heavy atom. The number of hydrogen-bond donors (Lipinski definition) is 1. The summed E-state index contributed by atoms with van der Waals surface area (Å²) in [7, 11) is -0.593. The molecular formula is C20H23N3O4S2. The normalized spacial score (nSPS) is 11.9. The maximum atomic E-state index is 12.2. The minimum absolute atomic E-state index is 0.110. The summed E-state index contributed by atoms with van der Waals surface area (Å²) in [4.78, 5) is 16.5. The highest BCUT2D eigenvalue weighted by molar-refractivity contribution is 7.99. The molecule has 2 aromatic carbocycles. The van der Waals surface area contributed by atoms with Crippen LogP contribution in [0.5, 0.6) is 0 Å². The maximum Gasteiger partial charge on any atom is 0.257 e. The van der Waals surface area contributed by atoms with Crippen LogP contribution in [-0.4, -0.2) is 50.0 Å². The molecule has 1 heterocycles. The molecule has 0 bridgehead atoms. The van der Waals surface area contributed by atoms with Crippen molar-refractivity contribution >= 4 is 38.8 Å². The van der Waals surface area contributed by atoms with E-state index in [1.807, 2.05) is 12.1 Å². The van der Waals surface area contributed by atoms with Gasteiger partial charge in [-0.15, -0.1) is 0 Å². The number of carbonyl (C=O) groups excluding carboxylic acids is 1. The van der Waals surface area contributed by atoms with Crippen LogP contribution >= 0.6 is 11.8 Å². The molecule has 0 aliphatic carbocycles. The Morgan fingerprint density at radius 1 is 1.21 bits per heavy atom. The van der Waals surface area contributed by atoms with Gasteiger partial charge in [0.05, 0.1) is 10.6 Å². The van der Waals surface area contributed by atoms with E-state index in [1.54, 1.807) is 6.07 Å². The van der Waals surface area contributed by atoms with E-state index in [9.17, 15) is 13.2 Å². The van der Waals surface area contributed by atoms with Crippen LogP contribution in [0.15, 0.2) is 57.0 Å². The molecule has 0 aliphatic rings. The first-order valence-corrected chi connectivity index (χ1v) is 11.5. The number of oxazole rings is 1. The first kappa shape index (κ1) is 21.4. The van der Waals surface area contributed by atoms with E-state index in [4.69, 9.17) is 4.42 Å². The number of amides is 1. The molecule has 154 valence electrons.